The van der Waals surface area contributed by atoms with Gasteiger partial charge in [0, 0.05) is 29.7 Å². The topological polar surface area (TPSA) is 92.1 Å². The van der Waals surface area contributed by atoms with Crippen molar-refractivity contribution in [3.05, 3.63) is 60.6 Å². The summed E-state index contributed by atoms with van der Waals surface area (Å²) in [6.07, 6.45) is 2.66. The molecular weight excluding hydrogens is 433 g/mol. The Kier molecular flexibility index (Phi) is 5.55. The molecule has 0 unspecified atom stereocenters. The number of hydrogen-bond acceptors (Lipinski definition) is 7. The van der Waals surface area contributed by atoms with E-state index < -0.39 is 11.7 Å². The van der Waals surface area contributed by atoms with E-state index in [4.69, 9.17) is 0 Å². The van der Waals surface area contributed by atoms with Crippen LogP contribution in [0, 0.1) is 0 Å². The lowest BCUT2D eigenvalue weighted by Gasteiger charge is -2.24. The third-order valence-electron chi connectivity index (χ3n) is 5.47. The first-order valence-corrected chi connectivity index (χ1v) is 10.5. The summed E-state index contributed by atoms with van der Waals surface area (Å²) in [5.41, 5.74) is 1.90. The fraction of sp³-hybridized carbons (Fsp3) is 0.273. The zero-order chi connectivity index (χ0) is 22.8. The summed E-state index contributed by atoms with van der Waals surface area (Å²) in [4.78, 5) is 13.0. The Morgan fingerprint density at radius 3 is 2.33 bits per heavy atom. The van der Waals surface area contributed by atoms with Gasteiger partial charge in [-0.15, -0.1) is 5.10 Å². The third-order valence-corrected chi connectivity index (χ3v) is 5.47. The lowest BCUT2D eigenvalue weighted by Crippen LogP contribution is -2.35. The van der Waals surface area contributed by atoms with E-state index >= 15 is 0 Å². The Morgan fingerprint density at radius 2 is 1.64 bits per heavy atom. The molecule has 1 fully saturated rings. The van der Waals surface area contributed by atoms with Crippen LogP contribution in [-0.2, 0) is 6.18 Å². The summed E-state index contributed by atoms with van der Waals surface area (Å²) in [5, 5.41) is 14.4. The molecule has 170 valence electrons. The monoisotopic (exact) mass is 454 g/mol. The Morgan fingerprint density at radius 1 is 0.909 bits per heavy atom. The molecule has 1 aliphatic rings. The van der Waals surface area contributed by atoms with Gasteiger partial charge >= 0.3 is 6.18 Å². The lowest BCUT2D eigenvalue weighted by atomic mass is 10.1. The molecule has 0 aliphatic carbocycles. The number of nitrogens with zero attached hydrogens (tertiary/aromatic N) is 5. The van der Waals surface area contributed by atoms with E-state index in [0.717, 1.165) is 49.6 Å². The number of imidazole rings is 1. The van der Waals surface area contributed by atoms with Crippen molar-refractivity contribution in [3.63, 3.8) is 0 Å². The molecule has 33 heavy (non-hydrogen) atoms. The van der Waals surface area contributed by atoms with Crippen LogP contribution in [0.25, 0.3) is 16.9 Å². The maximum Gasteiger partial charge on any atom is 0.416 e. The number of hydrogen-bond donors (Lipinski definition) is 3. The van der Waals surface area contributed by atoms with Gasteiger partial charge in [-0.1, -0.05) is 0 Å². The molecular formula is C22H21F3N8. The molecule has 4 heterocycles. The van der Waals surface area contributed by atoms with Gasteiger partial charge in [-0.05, 0) is 62.3 Å². The number of fused-ring (bicyclic) bond motifs is 1. The van der Waals surface area contributed by atoms with Crippen molar-refractivity contribution in [1.82, 2.24) is 29.9 Å². The molecule has 11 heteroatoms. The summed E-state index contributed by atoms with van der Waals surface area (Å²) in [6.45, 7) is 1.97. The molecule has 1 aromatic carbocycles. The van der Waals surface area contributed by atoms with Crippen LogP contribution < -0.4 is 16.0 Å². The Balaban J connectivity index is 1.33. The molecule has 5 rings (SSSR count). The van der Waals surface area contributed by atoms with Crippen LogP contribution in [0.4, 0.5) is 30.6 Å². The normalized spacial score (nSPS) is 15.0. The number of rotatable bonds is 5. The van der Waals surface area contributed by atoms with Crippen molar-refractivity contribution in [2.75, 3.05) is 23.7 Å². The Labute approximate surface area is 187 Å². The maximum atomic E-state index is 12.7. The van der Waals surface area contributed by atoms with Crippen LogP contribution in [0.2, 0.25) is 0 Å². The van der Waals surface area contributed by atoms with E-state index in [2.05, 4.69) is 36.0 Å². The standard InChI is InChI=1S/C22H21F3N8/c23-22(24,25)15-1-3-16(4-2-15)31-21-28-11-14(12-29-21)18-13-27-20-6-5-19(32-33(18)20)30-17-7-9-26-10-8-17/h1-6,11-13,17,26H,7-10H2,(H,30,32)(H,28,29,31). The van der Waals surface area contributed by atoms with Gasteiger partial charge in [-0.25, -0.2) is 19.5 Å². The molecule has 8 nitrogen and oxygen atoms in total. The van der Waals surface area contributed by atoms with Gasteiger partial charge in [-0.3, -0.25) is 0 Å². The average Bonchev–Trinajstić information content (AvgIpc) is 3.23. The van der Waals surface area contributed by atoms with Crippen molar-refractivity contribution in [2.24, 2.45) is 0 Å². The maximum absolute atomic E-state index is 12.7. The first-order chi connectivity index (χ1) is 16.0. The smallest absolute Gasteiger partial charge is 0.366 e. The van der Waals surface area contributed by atoms with Gasteiger partial charge in [0.1, 0.15) is 5.82 Å². The average molecular weight is 454 g/mol. The molecule has 1 saturated heterocycles. The minimum atomic E-state index is -4.37. The first kappa shape index (κ1) is 21.1. The minimum absolute atomic E-state index is 0.272. The Hall–Kier alpha value is -3.73. The number of piperidine rings is 1. The summed E-state index contributed by atoms with van der Waals surface area (Å²) < 4.78 is 39.9. The summed E-state index contributed by atoms with van der Waals surface area (Å²) in [7, 11) is 0. The van der Waals surface area contributed by atoms with E-state index in [1.165, 1.54) is 12.1 Å². The molecule has 0 atom stereocenters. The highest BCUT2D eigenvalue weighted by atomic mass is 19.4. The molecule has 4 aromatic rings. The second-order valence-electron chi connectivity index (χ2n) is 7.80. The van der Waals surface area contributed by atoms with Gasteiger partial charge in [-0.2, -0.15) is 13.2 Å². The highest BCUT2D eigenvalue weighted by Gasteiger charge is 2.29. The van der Waals surface area contributed by atoms with Gasteiger partial charge in [0.25, 0.3) is 0 Å². The van der Waals surface area contributed by atoms with E-state index in [1.807, 2.05) is 12.1 Å². The summed E-state index contributed by atoms with van der Waals surface area (Å²) in [5.74, 6) is 1.05. The second-order valence-corrected chi connectivity index (χ2v) is 7.80. The molecule has 1 aliphatic heterocycles. The fourth-order valence-corrected chi connectivity index (χ4v) is 3.72. The van der Waals surface area contributed by atoms with E-state index in [0.29, 0.717) is 22.9 Å². The number of benzene rings is 1. The molecule has 0 saturated carbocycles. The SMILES string of the molecule is FC(F)(F)c1ccc(Nc2ncc(-c3cnc4ccc(NC5CCNCC5)nn34)cn2)cc1. The highest BCUT2D eigenvalue weighted by molar-refractivity contribution is 5.63. The number of nitrogens with one attached hydrogen (secondary N) is 3. The first-order valence-electron chi connectivity index (χ1n) is 10.5. The van der Waals surface area contributed by atoms with Crippen LogP contribution in [0.3, 0.4) is 0 Å². The van der Waals surface area contributed by atoms with Crippen molar-refractivity contribution in [1.29, 1.82) is 0 Å². The highest BCUT2D eigenvalue weighted by Crippen LogP contribution is 2.30. The van der Waals surface area contributed by atoms with E-state index in [1.54, 1.807) is 23.1 Å². The van der Waals surface area contributed by atoms with Crippen LogP contribution in [0.1, 0.15) is 18.4 Å². The summed E-state index contributed by atoms with van der Waals surface area (Å²) in [6, 6.07) is 8.90. The van der Waals surface area contributed by atoms with Gasteiger partial charge in [0.2, 0.25) is 5.95 Å². The third kappa shape index (κ3) is 4.72. The predicted octanol–water partition coefficient (Wildman–Crippen LogP) is 4.11. The molecule has 3 aromatic heterocycles. The molecule has 3 N–H and O–H groups in total. The minimum Gasteiger partial charge on any atom is -0.366 e. The largest absolute Gasteiger partial charge is 0.416 e. The van der Waals surface area contributed by atoms with Gasteiger partial charge in [0.15, 0.2) is 5.65 Å². The number of anilines is 3. The van der Waals surface area contributed by atoms with Crippen LogP contribution in [-0.4, -0.2) is 43.7 Å². The zero-order valence-corrected chi connectivity index (χ0v) is 17.5. The van der Waals surface area contributed by atoms with Crippen LogP contribution >= 0.6 is 0 Å². The van der Waals surface area contributed by atoms with Crippen LogP contribution in [0.5, 0.6) is 0 Å². The number of alkyl halides is 3. The number of halogens is 3. The van der Waals surface area contributed by atoms with Gasteiger partial charge in [0.05, 0.1) is 17.5 Å². The fourth-order valence-electron chi connectivity index (χ4n) is 3.72. The summed E-state index contributed by atoms with van der Waals surface area (Å²) >= 11 is 0. The van der Waals surface area contributed by atoms with Crippen molar-refractivity contribution < 1.29 is 13.2 Å². The number of aromatic nitrogens is 5. The van der Waals surface area contributed by atoms with Crippen molar-refractivity contribution in [3.8, 4) is 11.3 Å². The van der Waals surface area contributed by atoms with Crippen molar-refractivity contribution in [2.45, 2.75) is 25.1 Å². The molecule has 0 radical (unpaired) electrons. The lowest BCUT2D eigenvalue weighted by molar-refractivity contribution is -0.137. The van der Waals surface area contributed by atoms with Crippen LogP contribution in [0.15, 0.2) is 55.0 Å². The van der Waals surface area contributed by atoms with Gasteiger partial charge < -0.3 is 16.0 Å². The second kappa shape index (κ2) is 8.66. The van der Waals surface area contributed by atoms with E-state index in [-0.39, 0.29) is 5.95 Å². The Bertz CT molecular complexity index is 1230. The predicted molar refractivity (Wildman–Crippen MR) is 118 cm³/mol. The van der Waals surface area contributed by atoms with E-state index in [9.17, 15) is 13.2 Å². The molecule has 0 bridgehead atoms. The zero-order valence-electron chi connectivity index (χ0n) is 17.5. The molecule has 0 amide bonds. The molecule has 0 spiro atoms. The quantitative estimate of drug-likeness (QED) is 0.418. The van der Waals surface area contributed by atoms with Crippen molar-refractivity contribution >= 4 is 23.1 Å².